The van der Waals surface area contributed by atoms with Crippen LogP contribution in [0.1, 0.15) is 128 Å². The van der Waals surface area contributed by atoms with Gasteiger partial charge in [0.2, 0.25) is 11.6 Å². The van der Waals surface area contributed by atoms with Gasteiger partial charge in [0, 0.05) is 24.7 Å². The second-order valence-electron chi connectivity index (χ2n) is 18.6. The fourth-order valence-electron chi connectivity index (χ4n) is 12.8. The highest BCUT2D eigenvalue weighted by atomic mass is 17.3. The van der Waals surface area contributed by atoms with Gasteiger partial charge in [0.05, 0.1) is 12.2 Å². The Morgan fingerprint density at radius 1 is 0.596 bits per heavy atom. The van der Waals surface area contributed by atoms with E-state index < -0.39 is 35.4 Å². The number of aryl methyl sites for hydroxylation is 2. The molecule has 4 bridgehead atoms. The summed E-state index contributed by atoms with van der Waals surface area (Å²) >= 11 is 0. The Morgan fingerprint density at radius 3 is 1.42 bits per heavy atom. The number of ether oxygens (including phenoxy) is 4. The Labute approximate surface area is 311 Å². The summed E-state index contributed by atoms with van der Waals surface area (Å²) < 4.78 is 27.4. The molecule has 8 heteroatoms. The van der Waals surface area contributed by atoms with E-state index in [9.17, 15) is 0 Å². The van der Waals surface area contributed by atoms with Crippen LogP contribution in [-0.4, -0.2) is 47.6 Å². The van der Waals surface area contributed by atoms with Crippen molar-refractivity contribution >= 4 is 12.2 Å². The fourth-order valence-corrected chi connectivity index (χ4v) is 12.8. The molecule has 8 heterocycles. The van der Waals surface area contributed by atoms with Crippen LogP contribution in [0.4, 0.5) is 0 Å². The largest absolute Gasteiger partial charge is 0.346 e. The minimum absolute atomic E-state index is 0.0614. The van der Waals surface area contributed by atoms with E-state index in [4.69, 9.17) is 38.5 Å². The van der Waals surface area contributed by atoms with Crippen LogP contribution in [0.15, 0.2) is 25.3 Å². The fraction of sp³-hybridized carbons (Fsp3) is 0.773. The third-order valence-electron chi connectivity index (χ3n) is 15.8. The first-order valence-electron chi connectivity index (χ1n) is 20.7. The molecule has 0 amide bonds. The minimum Gasteiger partial charge on any atom is -0.346 e. The Kier molecular flexibility index (Phi) is 8.99. The van der Waals surface area contributed by atoms with E-state index in [1.807, 2.05) is 26.0 Å². The van der Waals surface area contributed by atoms with Crippen molar-refractivity contribution in [3.63, 3.8) is 0 Å². The standard InChI is InChI=1S/C44H62O8/c1-9-29-23-31(13-17-37-27(5)35-15-11-25(3)33-19-21-41(7)47-39(45-37)43(33,35)51-49-41)32(24-30(29)10-2)14-18-38-28(6)36-16-12-26(4)34-20-22-42(8)48-40(46-38)44(34,36)52-50-42/h9-10,23-28,33-40H,1-2,11-22H2,3-8H3/t25-,26-,27-,28-,33+,34+,35+,36+,37-,38-,39-,40-,41-,42-,43-,44-/m1/s1. The number of hydrogen-bond donors (Lipinski definition) is 0. The summed E-state index contributed by atoms with van der Waals surface area (Å²) in [5.41, 5.74) is 3.88. The molecule has 1 aromatic rings. The number of rotatable bonds is 8. The summed E-state index contributed by atoms with van der Waals surface area (Å²) in [6.45, 7) is 21.8. The van der Waals surface area contributed by atoms with Crippen molar-refractivity contribution in [2.45, 2.75) is 166 Å². The van der Waals surface area contributed by atoms with Crippen molar-refractivity contribution < 1.29 is 38.5 Å². The molecule has 0 aromatic heterocycles. The van der Waals surface area contributed by atoms with Crippen molar-refractivity contribution in [2.24, 2.45) is 47.3 Å². The van der Waals surface area contributed by atoms with Gasteiger partial charge in [-0.2, -0.15) is 0 Å². The van der Waals surface area contributed by atoms with Crippen molar-refractivity contribution in [1.29, 1.82) is 0 Å². The quantitative estimate of drug-likeness (QED) is 0.246. The molecule has 2 saturated carbocycles. The van der Waals surface area contributed by atoms with Crippen LogP contribution in [0.2, 0.25) is 0 Å². The van der Waals surface area contributed by atoms with Gasteiger partial charge in [-0.1, -0.05) is 65.1 Å². The van der Waals surface area contributed by atoms with Gasteiger partial charge in [-0.3, -0.25) is 0 Å². The molecule has 2 spiro atoms. The van der Waals surface area contributed by atoms with Crippen LogP contribution in [-0.2, 0) is 51.3 Å². The molecule has 2 aliphatic carbocycles. The van der Waals surface area contributed by atoms with E-state index in [0.717, 1.165) is 75.3 Å². The summed E-state index contributed by atoms with van der Waals surface area (Å²) in [6, 6.07) is 4.67. The van der Waals surface area contributed by atoms with Gasteiger partial charge in [-0.15, -0.1) is 0 Å². The maximum absolute atomic E-state index is 7.01. The maximum Gasteiger partial charge on any atom is 0.201 e. The van der Waals surface area contributed by atoms with Gasteiger partial charge >= 0.3 is 0 Å². The van der Waals surface area contributed by atoms with E-state index in [-0.39, 0.29) is 12.2 Å². The topological polar surface area (TPSA) is 73.8 Å². The number of hydrogen-bond acceptors (Lipinski definition) is 8. The molecule has 10 fully saturated rings. The highest BCUT2D eigenvalue weighted by Gasteiger charge is 2.70. The molecule has 8 aliphatic heterocycles. The van der Waals surface area contributed by atoms with Crippen molar-refractivity contribution in [2.75, 3.05) is 0 Å². The lowest BCUT2D eigenvalue weighted by Crippen LogP contribution is -2.70. The lowest BCUT2D eigenvalue weighted by Gasteiger charge is -2.60. The van der Waals surface area contributed by atoms with E-state index in [1.54, 1.807) is 0 Å². The number of benzene rings is 1. The first kappa shape index (κ1) is 36.0. The van der Waals surface area contributed by atoms with Crippen molar-refractivity contribution in [3.05, 3.63) is 47.5 Å². The molecule has 16 atom stereocenters. The van der Waals surface area contributed by atoms with Crippen LogP contribution < -0.4 is 0 Å². The van der Waals surface area contributed by atoms with Gasteiger partial charge in [0.1, 0.15) is 0 Å². The summed E-state index contributed by atoms with van der Waals surface area (Å²) in [6.07, 6.45) is 15.3. The predicted molar refractivity (Wildman–Crippen MR) is 197 cm³/mol. The third-order valence-corrected chi connectivity index (χ3v) is 15.8. The smallest absolute Gasteiger partial charge is 0.201 e. The summed E-state index contributed by atoms with van der Waals surface area (Å²) in [5.74, 6) is 1.65. The van der Waals surface area contributed by atoms with Crippen LogP contribution in [0.3, 0.4) is 0 Å². The highest BCUT2D eigenvalue weighted by molar-refractivity contribution is 5.65. The average molecular weight is 719 g/mol. The molecule has 8 saturated heterocycles. The molecular formula is C44H62O8. The lowest BCUT2D eigenvalue weighted by atomic mass is 9.57. The van der Waals surface area contributed by atoms with Crippen LogP contribution >= 0.6 is 0 Å². The molecule has 52 heavy (non-hydrogen) atoms. The van der Waals surface area contributed by atoms with Crippen LogP contribution in [0.25, 0.3) is 12.2 Å². The second-order valence-corrected chi connectivity index (χ2v) is 18.6. The molecule has 0 radical (unpaired) electrons. The molecule has 1 aromatic carbocycles. The van der Waals surface area contributed by atoms with Crippen LogP contribution in [0.5, 0.6) is 0 Å². The summed E-state index contributed by atoms with van der Waals surface area (Å²) in [4.78, 5) is 25.0. The van der Waals surface area contributed by atoms with Crippen molar-refractivity contribution in [3.8, 4) is 0 Å². The Balaban J connectivity index is 0.953. The summed E-state index contributed by atoms with van der Waals surface area (Å²) in [7, 11) is 0. The minimum atomic E-state index is -0.762. The molecule has 0 unspecified atom stereocenters. The summed E-state index contributed by atoms with van der Waals surface area (Å²) in [5, 5.41) is 0. The molecule has 11 rings (SSSR count). The molecule has 286 valence electrons. The highest BCUT2D eigenvalue weighted by Crippen LogP contribution is 2.62. The van der Waals surface area contributed by atoms with Gasteiger partial charge in [0.15, 0.2) is 23.8 Å². The van der Waals surface area contributed by atoms with Gasteiger partial charge < -0.3 is 18.9 Å². The molecule has 10 aliphatic rings. The zero-order chi connectivity index (χ0) is 36.2. The monoisotopic (exact) mass is 718 g/mol. The molecule has 0 N–H and O–H groups in total. The third kappa shape index (κ3) is 5.36. The van der Waals surface area contributed by atoms with E-state index in [0.29, 0.717) is 47.3 Å². The predicted octanol–water partition coefficient (Wildman–Crippen LogP) is 9.34. The van der Waals surface area contributed by atoms with Crippen molar-refractivity contribution in [1.82, 2.24) is 0 Å². The van der Waals surface area contributed by atoms with Crippen LogP contribution in [0, 0.1) is 47.3 Å². The zero-order valence-corrected chi connectivity index (χ0v) is 32.4. The van der Waals surface area contributed by atoms with Gasteiger partial charge in [-0.25, -0.2) is 19.6 Å². The van der Waals surface area contributed by atoms with E-state index >= 15 is 0 Å². The van der Waals surface area contributed by atoms with E-state index in [2.05, 4.69) is 53.0 Å². The SMILES string of the molecule is C=Cc1cc(CC[C@H]2O[C@@H]3O[C@@]4(C)CC[C@H]5[C@H](C)CC[C@@H]([C@H]2C)[C@@]35OO4)c(CC[C@H]2O[C@@H]3O[C@@]4(C)CC[C@H]5[C@H](C)CC[C@@H]([C@H]2C)[C@@]35OO4)cc1C=C. The zero-order valence-electron chi connectivity index (χ0n) is 32.4. The molecule has 8 nitrogen and oxygen atoms in total. The Hall–Kier alpha value is -1.62. The number of fused-ring (bicyclic) bond motifs is 4. The second kappa shape index (κ2) is 13.0. The Morgan fingerprint density at radius 2 is 1.02 bits per heavy atom. The van der Waals surface area contributed by atoms with E-state index in [1.165, 1.54) is 24.0 Å². The Bertz CT molecular complexity index is 1450. The first-order valence-corrected chi connectivity index (χ1v) is 20.7. The van der Waals surface area contributed by atoms with Gasteiger partial charge in [0.25, 0.3) is 0 Å². The lowest BCUT2D eigenvalue weighted by molar-refractivity contribution is -0.571. The van der Waals surface area contributed by atoms with Gasteiger partial charge in [-0.05, 0) is 136 Å². The average Bonchev–Trinajstić information content (AvgIpc) is 3.51. The molecular weight excluding hydrogens is 656 g/mol. The first-order chi connectivity index (χ1) is 24.9. The maximum atomic E-state index is 7.01. The normalized spacial score (nSPS) is 50.4.